The van der Waals surface area contributed by atoms with Gasteiger partial charge < -0.3 is 19.4 Å². The normalized spacial score (nSPS) is 18.0. The van der Waals surface area contributed by atoms with Gasteiger partial charge in [-0.25, -0.2) is 17.9 Å². The SMILES string of the molecule is CC(C)NS(=O)(=O)c1cc2c(c(OCCCN3CCC(n4c(=O)[nH]c5ccc(Cl)cc54)CC3)c1)OC(C)(C)C2. The van der Waals surface area contributed by atoms with Crippen molar-refractivity contribution in [3.63, 3.8) is 0 Å². The van der Waals surface area contributed by atoms with Crippen LogP contribution in [-0.2, 0) is 16.4 Å². The van der Waals surface area contributed by atoms with E-state index in [1.807, 2.05) is 30.5 Å². The topological polar surface area (TPSA) is 106 Å². The number of hydrogen-bond acceptors (Lipinski definition) is 6. The first kappa shape index (κ1) is 28.0. The Kier molecular flexibility index (Phi) is 7.76. The summed E-state index contributed by atoms with van der Waals surface area (Å²) in [5.41, 5.74) is 1.99. The number of H-pyrrole nitrogens is 1. The summed E-state index contributed by atoms with van der Waals surface area (Å²) < 4.78 is 42.5. The molecule has 3 aromatic rings. The quantitative estimate of drug-likeness (QED) is 0.364. The van der Waals surface area contributed by atoms with Crippen molar-refractivity contribution in [2.75, 3.05) is 26.2 Å². The molecular formula is C28H37ClN4O5S. The molecule has 1 fully saturated rings. The second kappa shape index (κ2) is 10.8. The van der Waals surface area contributed by atoms with Gasteiger partial charge in [0.2, 0.25) is 10.0 Å². The maximum absolute atomic E-state index is 12.9. The molecule has 212 valence electrons. The average Bonchev–Trinajstić information content (AvgIpc) is 3.35. The molecule has 0 aliphatic carbocycles. The standard InChI is InChI=1S/C28H37ClN4O5S/c1-18(2)31-39(35,36)22-14-19-17-28(3,4)38-26(19)25(16-22)37-13-5-10-32-11-8-21(9-12-32)33-24-15-20(29)6-7-23(24)30-27(33)34/h6-7,14-16,18,21,31H,5,8-13,17H2,1-4H3,(H,30,34). The van der Waals surface area contributed by atoms with Crippen molar-refractivity contribution >= 4 is 32.7 Å². The van der Waals surface area contributed by atoms with E-state index in [0.29, 0.717) is 29.5 Å². The highest BCUT2D eigenvalue weighted by Crippen LogP contribution is 2.43. The van der Waals surface area contributed by atoms with E-state index in [2.05, 4.69) is 14.6 Å². The fourth-order valence-corrected chi connectivity index (χ4v) is 7.10. The number of rotatable bonds is 9. The lowest BCUT2D eigenvalue weighted by atomic mass is 10.0. The van der Waals surface area contributed by atoms with Gasteiger partial charge in [0.1, 0.15) is 5.60 Å². The van der Waals surface area contributed by atoms with Crippen LogP contribution in [0.25, 0.3) is 11.0 Å². The van der Waals surface area contributed by atoms with E-state index in [4.69, 9.17) is 21.1 Å². The van der Waals surface area contributed by atoms with Crippen LogP contribution < -0.4 is 19.9 Å². The number of ether oxygens (including phenoxy) is 2. The highest BCUT2D eigenvalue weighted by atomic mass is 35.5. The second-order valence-electron chi connectivity index (χ2n) is 11.5. The zero-order valence-corrected chi connectivity index (χ0v) is 24.5. The van der Waals surface area contributed by atoms with Crippen LogP contribution in [0, 0.1) is 0 Å². The molecule has 0 saturated carbocycles. The Morgan fingerprint density at radius 3 is 2.67 bits per heavy atom. The largest absolute Gasteiger partial charge is 0.490 e. The zero-order chi connectivity index (χ0) is 27.9. The first-order chi connectivity index (χ1) is 18.4. The van der Waals surface area contributed by atoms with Crippen LogP contribution in [-0.4, -0.2) is 60.8 Å². The third-order valence-corrected chi connectivity index (χ3v) is 9.15. The molecule has 2 aliphatic heterocycles. The van der Waals surface area contributed by atoms with E-state index in [0.717, 1.165) is 55.5 Å². The number of aromatic amines is 1. The van der Waals surface area contributed by atoms with Crippen molar-refractivity contribution in [1.82, 2.24) is 19.2 Å². The molecule has 1 saturated heterocycles. The summed E-state index contributed by atoms with van der Waals surface area (Å²) in [7, 11) is -3.66. The number of fused-ring (bicyclic) bond motifs is 2. The smallest absolute Gasteiger partial charge is 0.326 e. The molecule has 0 spiro atoms. The lowest BCUT2D eigenvalue weighted by molar-refractivity contribution is 0.130. The summed E-state index contributed by atoms with van der Waals surface area (Å²) >= 11 is 6.18. The molecule has 0 atom stereocenters. The molecule has 0 amide bonds. The van der Waals surface area contributed by atoms with Crippen molar-refractivity contribution in [3.8, 4) is 11.5 Å². The number of benzene rings is 2. The Bertz CT molecular complexity index is 1520. The van der Waals surface area contributed by atoms with E-state index in [9.17, 15) is 13.2 Å². The minimum atomic E-state index is -3.66. The second-order valence-corrected chi connectivity index (χ2v) is 13.6. The van der Waals surface area contributed by atoms with Gasteiger partial charge in [-0.1, -0.05) is 11.6 Å². The number of aromatic nitrogens is 2. The molecule has 0 unspecified atom stereocenters. The summed E-state index contributed by atoms with van der Waals surface area (Å²) in [5.74, 6) is 1.10. The van der Waals surface area contributed by atoms with Crippen LogP contribution >= 0.6 is 11.6 Å². The predicted molar refractivity (Wildman–Crippen MR) is 153 cm³/mol. The molecule has 5 rings (SSSR count). The Balaban J connectivity index is 1.19. The fourth-order valence-electron chi connectivity index (χ4n) is 5.62. The average molecular weight is 577 g/mol. The minimum Gasteiger partial charge on any atom is -0.490 e. The van der Waals surface area contributed by atoms with Gasteiger partial charge in [0.15, 0.2) is 11.5 Å². The van der Waals surface area contributed by atoms with Gasteiger partial charge in [-0.15, -0.1) is 0 Å². The number of piperidine rings is 1. The minimum absolute atomic E-state index is 0.0927. The zero-order valence-electron chi connectivity index (χ0n) is 22.9. The van der Waals surface area contributed by atoms with Gasteiger partial charge >= 0.3 is 5.69 Å². The predicted octanol–water partition coefficient (Wildman–Crippen LogP) is 4.49. The molecule has 0 bridgehead atoms. The summed E-state index contributed by atoms with van der Waals surface area (Å²) in [4.78, 5) is 18.1. The van der Waals surface area contributed by atoms with Crippen LogP contribution in [0.4, 0.5) is 0 Å². The van der Waals surface area contributed by atoms with Gasteiger partial charge in [0.05, 0.1) is 22.5 Å². The molecule has 0 radical (unpaired) electrons. The molecule has 2 N–H and O–H groups in total. The summed E-state index contributed by atoms with van der Waals surface area (Å²) in [6, 6.07) is 8.66. The molecule has 9 nitrogen and oxygen atoms in total. The van der Waals surface area contributed by atoms with Crippen LogP contribution in [0.15, 0.2) is 40.0 Å². The summed E-state index contributed by atoms with van der Waals surface area (Å²) in [6.07, 6.45) is 3.15. The van der Waals surface area contributed by atoms with Crippen molar-refractivity contribution in [2.45, 2.75) is 76.0 Å². The van der Waals surface area contributed by atoms with Crippen molar-refractivity contribution < 1.29 is 17.9 Å². The van der Waals surface area contributed by atoms with Crippen LogP contribution in [0.3, 0.4) is 0 Å². The number of sulfonamides is 1. The molecule has 11 heteroatoms. The van der Waals surface area contributed by atoms with Crippen LogP contribution in [0.2, 0.25) is 5.02 Å². The summed E-state index contributed by atoms with van der Waals surface area (Å²) in [6.45, 7) is 10.6. The van der Waals surface area contributed by atoms with Gasteiger partial charge in [-0.3, -0.25) is 4.57 Å². The lowest BCUT2D eigenvalue weighted by Gasteiger charge is -2.32. The third-order valence-electron chi connectivity index (χ3n) is 7.28. The Labute approximate surface area is 234 Å². The number of halogens is 1. The van der Waals surface area contributed by atoms with Crippen LogP contribution in [0.1, 0.15) is 58.6 Å². The first-order valence-corrected chi connectivity index (χ1v) is 15.4. The number of nitrogens with zero attached hydrogens (tertiary/aromatic N) is 2. The van der Waals surface area contributed by atoms with E-state index < -0.39 is 15.6 Å². The van der Waals surface area contributed by atoms with Crippen molar-refractivity contribution in [1.29, 1.82) is 0 Å². The number of imidazole rings is 1. The first-order valence-electron chi connectivity index (χ1n) is 13.5. The number of likely N-dealkylation sites (tertiary alicyclic amines) is 1. The highest BCUT2D eigenvalue weighted by Gasteiger charge is 2.34. The van der Waals surface area contributed by atoms with Crippen molar-refractivity contribution in [3.05, 3.63) is 51.4 Å². The number of hydrogen-bond donors (Lipinski definition) is 2. The molecule has 2 aromatic carbocycles. The Hall–Kier alpha value is -2.53. The van der Waals surface area contributed by atoms with Crippen molar-refractivity contribution in [2.24, 2.45) is 0 Å². The van der Waals surface area contributed by atoms with Gasteiger partial charge in [0.25, 0.3) is 0 Å². The lowest BCUT2D eigenvalue weighted by Crippen LogP contribution is -2.37. The summed E-state index contributed by atoms with van der Waals surface area (Å²) in [5, 5.41) is 0.617. The maximum Gasteiger partial charge on any atom is 0.326 e. The molecule has 2 aliphatic rings. The monoisotopic (exact) mass is 576 g/mol. The van der Waals surface area contributed by atoms with E-state index in [1.54, 1.807) is 32.0 Å². The Morgan fingerprint density at radius 1 is 1.21 bits per heavy atom. The number of nitrogens with one attached hydrogen (secondary N) is 2. The molecular weight excluding hydrogens is 540 g/mol. The Morgan fingerprint density at radius 2 is 1.95 bits per heavy atom. The third kappa shape index (κ3) is 6.14. The van der Waals surface area contributed by atoms with E-state index in [-0.39, 0.29) is 22.7 Å². The fraction of sp³-hybridized carbons (Fsp3) is 0.536. The van der Waals surface area contributed by atoms with Gasteiger partial charge in [-0.2, -0.15) is 0 Å². The maximum atomic E-state index is 12.9. The highest BCUT2D eigenvalue weighted by molar-refractivity contribution is 7.89. The molecule has 39 heavy (non-hydrogen) atoms. The molecule has 3 heterocycles. The van der Waals surface area contributed by atoms with Gasteiger partial charge in [0, 0.05) is 54.8 Å². The van der Waals surface area contributed by atoms with Gasteiger partial charge in [-0.05, 0) is 71.2 Å². The van der Waals surface area contributed by atoms with E-state index in [1.165, 1.54) is 0 Å². The van der Waals surface area contributed by atoms with Crippen LogP contribution in [0.5, 0.6) is 11.5 Å². The molecule has 1 aromatic heterocycles. The van der Waals surface area contributed by atoms with E-state index >= 15 is 0 Å².